The summed E-state index contributed by atoms with van der Waals surface area (Å²) in [5, 5.41) is 0. The van der Waals surface area contributed by atoms with E-state index in [-0.39, 0.29) is 62.6 Å². The van der Waals surface area contributed by atoms with Crippen LogP contribution in [-0.4, -0.2) is 52.0 Å². The standard InChI is InChI=1S/C6H6.C2H6O.Ca.2ClH/c1-2-4-6-5-3-1;1-3-2;;;/h1-6H;1-2H3;;2*1H/q;;+2;;/p-2. The third-order valence-corrected chi connectivity index (χ3v) is 0.667. The van der Waals surface area contributed by atoms with Gasteiger partial charge in [0.25, 0.3) is 0 Å². The molecule has 0 aliphatic rings. The molecule has 0 saturated carbocycles. The molecule has 0 spiro atoms. The first-order valence-corrected chi connectivity index (χ1v) is 2.82. The van der Waals surface area contributed by atoms with Gasteiger partial charge in [-0.2, -0.15) is 0 Å². The van der Waals surface area contributed by atoms with Gasteiger partial charge < -0.3 is 29.6 Å². The average molecular weight is 235 g/mol. The largest absolute Gasteiger partial charge is 2.00 e. The average Bonchev–Trinajstić information content (AvgIpc) is 1.93. The van der Waals surface area contributed by atoms with Crippen molar-refractivity contribution in [1.29, 1.82) is 0 Å². The summed E-state index contributed by atoms with van der Waals surface area (Å²) in [7, 11) is 3.25. The van der Waals surface area contributed by atoms with Gasteiger partial charge >= 0.3 is 37.7 Å². The van der Waals surface area contributed by atoms with Crippen molar-refractivity contribution >= 4 is 37.7 Å². The van der Waals surface area contributed by atoms with Crippen LogP contribution in [-0.2, 0) is 4.74 Å². The normalized spacial score (nSPS) is 5.50. The fourth-order valence-electron chi connectivity index (χ4n) is 0.385. The number of benzene rings is 1. The van der Waals surface area contributed by atoms with Crippen molar-refractivity contribution in [1.82, 2.24) is 0 Å². The number of halogens is 2. The van der Waals surface area contributed by atoms with Gasteiger partial charge in [0.2, 0.25) is 0 Å². The predicted octanol–water partition coefficient (Wildman–Crippen LogP) is -4.42. The van der Waals surface area contributed by atoms with Crippen LogP contribution in [0.3, 0.4) is 0 Å². The molecule has 0 amide bonds. The summed E-state index contributed by atoms with van der Waals surface area (Å²) in [4.78, 5) is 0. The Balaban J connectivity index is -0.0000000489. The zero-order chi connectivity index (χ0) is 6.95. The van der Waals surface area contributed by atoms with Gasteiger partial charge in [-0.25, -0.2) is 0 Å². The number of hydrogen-bond donors (Lipinski definition) is 0. The van der Waals surface area contributed by atoms with E-state index < -0.39 is 0 Å². The van der Waals surface area contributed by atoms with Crippen molar-refractivity contribution in [3.63, 3.8) is 0 Å². The van der Waals surface area contributed by atoms with E-state index in [4.69, 9.17) is 0 Å². The molecular formula is C8H12CaCl2O. The molecule has 1 aromatic carbocycles. The Bertz CT molecular complexity index is 99.9. The number of methoxy groups -OCH3 is 1. The summed E-state index contributed by atoms with van der Waals surface area (Å²) in [5.74, 6) is 0. The molecule has 0 N–H and O–H groups in total. The summed E-state index contributed by atoms with van der Waals surface area (Å²) in [6.07, 6.45) is 0. The molecule has 0 heterocycles. The van der Waals surface area contributed by atoms with Gasteiger partial charge in [-0.1, -0.05) is 36.4 Å². The third kappa shape index (κ3) is 22.5. The monoisotopic (exact) mass is 234 g/mol. The number of rotatable bonds is 0. The molecule has 0 unspecified atom stereocenters. The van der Waals surface area contributed by atoms with Crippen LogP contribution >= 0.6 is 0 Å². The first-order valence-electron chi connectivity index (χ1n) is 2.82. The van der Waals surface area contributed by atoms with E-state index in [2.05, 4.69) is 4.74 Å². The minimum absolute atomic E-state index is 0. The van der Waals surface area contributed by atoms with Crippen molar-refractivity contribution < 1.29 is 29.6 Å². The van der Waals surface area contributed by atoms with Gasteiger partial charge in [0.05, 0.1) is 0 Å². The molecule has 12 heavy (non-hydrogen) atoms. The second-order valence-corrected chi connectivity index (χ2v) is 1.56. The first-order chi connectivity index (χ1) is 4.41. The topological polar surface area (TPSA) is 9.23 Å². The van der Waals surface area contributed by atoms with E-state index >= 15 is 0 Å². The Kier molecular flexibility index (Phi) is 43.7. The van der Waals surface area contributed by atoms with Crippen LogP contribution in [0.15, 0.2) is 36.4 Å². The van der Waals surface area contributed by atoms with Crippen molar-refractivity contribution in [3.8, 4) is 0 Å². The maximum Gasteiger partial charge on any atom is 2.00 e. The fourth-order valence-corrected chi connectivity index (χ4v) is 0.385. The summed E-state index contributed by atoms with van der Waals surface area (Å²) in [5.41, 5.74) is 0. The van der Waals surface area contributed by atoms with Crippen LogP contribution in [0.5, 0.6) is 0 Å². The van der Waals surface area contributed by atoms with Gasteiger partial charge in [0.15, 0.2) is 0 Å². The van der Waals surface area contributed by atoms with Crippen LogP contribution in [0.4, 0.5) is 0 Å². The zero-order valence-corrected chi connectivity index (χ0v) is 11.1. The molecule has 0 bridgehead atoms. The van der Waals surface area contributed by atoms with Gasteiger partial charge in [0.1, 0.15) is 0 Å². The minimum atomic E-state index is 0. The molecule has 1 rings (SSSR count). The third-order valence-electron chi connectivity index (χ3n) is 0.667. The quantitative estimate of drug-likeness (QED) is 0.412. The van der Waals surface area contributed by atoms with Crippen LogP contribution in [0.2, 0.25) is 0 Å². The van der Waals surface area contributed by atoms with E-state index in [0.717, 1.165) is 0 Å². The first kappa shape index (κ1) is 23.1. The predicted molar refractivity (Wildman–Crippen MR) is 45.1 cm³/mol. The van der Waals surface area contributed by atoms with Crippen molar-refractivity contribution in [2.75, 3.05) is 14.2 Å². The summed E-state index contributed by atoms with van der Waals surface area (Å²) < 4.78 is 4.25. The zero-order valence-electron chi connectivity index (χ0n) is 7.34. The summed E-state index contributed by atoms with van der Waals surface area (Å²) in [6.45, 7) is 0. The van der Waals surface area contributed by atoms with Crippen LogP contribution in [0.25, 0.3) is 0 Å². The smallest absolute Gasteiger partial charge is 1.00 e. The van der Waals surface area contributed by atoms with Gasteiger partial charge in [-0.05, 0) is 0 Å². The van der Waals surface area contributed by atoms with E-state index in [0.29, 0.717) is 0 Å². The molecule has 0 aromatic heterocycles. The van der Waals surface area contributed by atoms with Crippen molar-refractivity contribution in [3.05, 3.63) is 36.4 Å². The van der Waals surface area contributed by atoms with Crippen molar-refractivity contribution in [2.45, 2.75) is 0 Å². The van der Waals surface area contributed by atoms with Gasteiger partial charge in [0, 0.05) is 14.2 Å². The van der Waals surface area contributed by atoms with E-state index in [1.807, 2.05) is 36.4 Å². The molecule has 66 valence electrons. The molecule has 0 aliphatic carbocycles. The summed E-state index contributed by atoms with van der Waals surface area (Å²) in [6, 6.07) is 12.0. The SMILES string of the molecule is COC.[Ca+2].[Cl-].[Cl-].c1ccccc1. The van der Waals surface area contributed by atoms with Gasteiger partial charge in [-0.15, -0.1) is 0 Å². The fraction of sp³-hybridized carbons (Fsp3) is 0.250. The molecule has 0 atom stereocenters. The van der Waals surface area contributed by atoms with E-state index in [9.17, 15) is 0 Å². The molecule has 1 aromatic rings. The van der Waals surface area contributed by atoms with E-state index in [1.54, 1.807) is 14.2 Å². The molecule has 4 heteroatoms. The number of ether oxygens (including phenoxy) is 1. The molecule has 0 fully saturated rings. The second-order valence-electron chi connectivity index (χ2n) is 1.56. The van der Waals surface area contributed by atoms with Crippen LogP contribution in [0.1, 0.15) is 0 Å². The summed E-state index contributed by atoms with van der Waals surface area (Å²) >= 11 is 0. The maximum absolute atomic E-state index is 4.25. The Morgan fingerprint density at radius 2 is 0.750 bits per heavy atom. The molecule has 0 radical (unpaired) electrons. The molecular weight excluding hydrogens is 223 g/mol. The molecule has 0 aliphatic heterocycles. The Morgan fingerprint density at radius 1 is 0.667 bits per heavy atom. The van der Waals surface area contributed by atoms with Gasteiger partial charge in [-0.3, -0.25) is 0 Å². The Labute approximate surface area is 117 Å². The Hall–Kier alpha value is 1.02. The maximum atomic E-state index is 4.25. The van der Waals surface area contributed by atoms with Crippen LogP contribution in [0, 0.1) is 0 Å². The van der Waals surface area contributed by atoms with Crippen LogP contribution < -0.4 is 24.8 Å². The second kappa shape index (κ2) is 22.7. The van der Waals surface area contributed by atoms with Crippen molar-refractivity contribution in [2.24, 2.45) is 0 Å². The van der Waals surface area contributed by atoms with E-state index in [1.165, 1.54) is 0 Å². The minimum Gasteiger partial charge on any atom is -1.00 e. The molecule has 0 saturated heterocycles. The molecule has 1 nitrogen and oxygen atoms in total. The number of hydrogen-bond acceptors (Lipinski definition) is 1. The Morgan fingerprint density at radius 3 is 0.833 bits per heavy atom.